The Morgan fingerprint density at radius 2 is 2.10 bits per heavy atom. The maximum atomic E-state index is 12.2. The van der Waals surface area contributed by atoms with Gasteiger partial charge in [-0.3, -0.25) is 9.59 Å². The van der Waals surface area contributed by atoms with Crippen molar-refractivity contribution >= 4 is 29.1 Å². The Hall–Kier alpha value is -1.59. The topological polar surface area (TPSA) is 58.6 Å². The third kappa shape index (κ3) is 3.49. The molecule has 0 aliphatic carbocycles. The van der Waals surface area contributed by atoms with Crippen molar-refractivity contribution in [2.45, 2.75) is 19.4 Å². The second-order valence-electron chi connectivity index (χ2n) is 4.60. The van der Waals surface area contributed by atoms with Gasteiger partial charge < -0.3 is 15.0 Å². The van der Waals surface area contributed by atoms with Crippen LogP contribution in [0.1, 0.15) is 13.3 Å². The number of hydrogen-bond donors (Lipinski definition) is 1. The summed E-state index contributed by atoms with van der Waals surface area (Å²) in [5.74, 6) is -1.15. The van der Waals surface area contributed by atoms with Crippen molar-refractivity contribution in [2.75, 3.05) is 25.1 Å². The van der Waals surface area contributed by atoms with Crippen molar-refractivity contribution in [1.82, 2.24) is 4.90 Å². The number of benzene rings is 1. The van der Waals surface area contributed by atoms with Gasteiger partial charge in [0.25, 0.3) is 0 Å². The smallest absolute Gasteiger partial charge is 0.313 e. The second kappa shape index (κ2) is 6.72. The lowest BCUT2D eigenvalue weighted by Crippen LogP contribution is -2.51. The van der Waals surface area contributed by atoms with Gasteiger partial charge in [-0.1, -0.05) is 18.5 Å². The molecular weight excluding hydrogens is 280 g/mol. The molecule has 0 bridgehead atoms. The minimum Gasteiger partial charge on any atom is -0.377 e. The number of carbonyl (C=O) groups is 2. The van der Waals surface area contributed by atoms with Gasteiger partial charge in [0.05, 0.1) is 19.3 Å². The van der Waals surface area contributed by atoms with Crippen molar-refractivity contribution in [3.05, 3.63) is 29.3 Å². The molecule has 0 aromatic heterocycles. The van der Waals surface area contributed by atoms with Crippen LogP contribution in [0.4, 0.5) is 5.69 Å². The molecule has 1 aliphatic heterocycles. The van der Waals surface area contributed by atoms with E-state index >= 15 is 0 Å². The lowest BCUT2D eigenvalue weighted by molar-refractivity contribution is -0.149. The van der Waals surface area contributed by atoms with Crippen LogP contribution in [0, 0.1) is 0 Å². The SMILES string of the molecule is CC[C@@H]1COCCN1C(=O)C(=O)Nc1ccc(Cl)cc1. The van der Waals surface area contributed by atoms with E-state index in [1.165, 1.54) is 0 Å². The van der Waals surface area contributed by atoms with Crippen molar-refractivity contribution in [2.24, 2.45) is 0 Å². The highest BCUT2D eigenvalue weighted by molar-refractivity contribution is 6.39. The average Bonchev–Trinajstić information content (AvgIpc) is 2.48. The molecule has 2 rings (SSSR count). The summed E-state index contributed by atoms with van der Waals surface area (Å²) in [5.41, 5.74) is 0.550. The third-order valence-electron chi connectivity index (χ3n) is 3.26. The van der Waals surface area contributed by atoms with Crippen molar-refractivity contribution in [3.8, 4) is 0 Å². The van der Waals surface area contributed by atoms with Crippen LogP contribution in [-0.2, 0) is 14.3 Å². The van der Waals surface area contributed by atoms with Crippen LogP contribution in [-0.4, -0.2) is 42.5 Å². The number of hydrogen-bond acceptors (Lipinski definition) is 3. The highest BCUT2D eigenvalue weighted by Gasteiger charge is 2.30. The highest BCUT2D eigenvalue weighted by Crippen LogP contribution is 2.15. The van der Waals surface area contributed by atoms with Crippen LogP contribution in [0.2, 0.25) is 5.02 Å². The second-order valence-corrected chi connectivity index (χ2v) is 5.03. The van der Waals surface area contributed by atoms with Gasteiger partial charge >= 0.3 is 11.8 Å². The van der Waals surface area contributed by atoms with Crippen molar-refractivity contribution in [1.29, 1.82) is 0 Å². The molecule has 1 atom stereocenters. The number of anilines is 1. The molecule has 1 saturated heterocycles. The fourth-order valence-corrected chi connectivity index (χ4v) is 2.23. The maximum absolute atomic E-state index is 12.2. The summed E-state index contributed by atoms with van der Waals surface area (Å²) in [6.07, 6.45) is 0.764. The van der Waals surface area contributed by atoms with Crippen LogP contribution in [0.3, 0.4) is 0 Å². The molecule has 1 aliphatic rings. The Kier molecular flexibility index (Phi) is 4.98. The Morgan fingerprint density at radius 3 is 2.75 bits per heavy atom. The Bertz CT molecular complexity index is 490. The zero-order valence-electron chi connectivity index (χ0n) is 11.3. The summed E-state index contributed by atoms with van der Waals surface area (Å²) in [6.45, 7) is 3.37. The molecule has 1 heterocycles. The minimum absolute atomic E-state index is 0.0350. The molecule has 1 N–H and O–H groups in total. The van der Waals surface area contributed by atoms with Crippen molar-refractivity contribution < 1.29 is 14.3 Å². The van der Waals surface area contributed by atoms with E-state index in [1.54, 1.807) is 29.2 Å². The molecule has 5 nitrogen and oxygen atoms in total. The molecule has 1 aromatic carbocycles. The fourth-order valence-electron chi connectivity index (χ4n) is 2.11. The first kappa shape index (κ1) is 14.8. The molecule has 20 heavy (non-hydrogen) atoms. The first-order valence-electron chi connectivity index (χ1n) is 6.57. The zero-order chi connectivity index (χ0) is 14.5. The molecule has 2 amide bonds. The van der Waals surface area contributed by atoms with Crippen LogP contribution in [0.25, 0.3) is 0 Å². The molecule has 6 heteroatoms. The van der Waals surface area contributed by atoms with E-state index in [0.717, 1.165) is 6.42 Å². The number of ether oxygens (including phenoxy) is 1. The summed E-state index contributed by atoms with van der Waals surface area (Å²) in [4.78, 5) is 25.7. The first-order chi connectivity index (χ1) is 9.61. The monoisotopic (exact) mass is 296 g/mol. The van der Waals surface area contributed by atoms with E-state index in [1.807, 2.05) is 6.92 Å². The quantitative estimate of drug-likeness (QED) is 0.848. The summed E-state index contributed by atoms with van der Waals surface area (Å²) >= 11 is 5.77. The predicted molar refractivity (Wildman–Crippen MR) is 76.7 cm³/mol. The minimum atomic E-state index is -0.632. The van der Waals surface area contributed by atoms with E-state index in [4.69, 9.17) is 16.3 Å². The number of nitrogens with zero attached hydrogens (tertiary/aromatic N) is 1. The molecule has 1 aromatic rings. The lowest BCUT2D eigenvalue weighted by Gasteiger charge is -2.34. The predicted octanol–water partition coefficient (Wildman–Crippen LogP) is 1.92. The van der Waals surface area contributed by atoms with Gasteiger partial charge in [-0.15, -0.1) is 0 Å². The van der Waals surface area contributed by atoms with Gasteiger partial charge in [-0.25, -0.2) is 0 Å². The van der Waals surface area contributed by atoms with Gasteiger partial charge in [0.15, 0.2) is 0 Å². The fraction of sp³-hybridized carbons (Fsp3) is 0.429. The molecular formula is C14H17ClN2O3. The van der Waals surface area contributed by atoms with Gasteiger partial charge in [0.1, 0.15) is 0 Å². The standard InChI is InChI=1S/C14H17ClN2O3/c1-2-12-9-20-8-7-17(12)14(19)13(18)16-11-5-3-10(15)4-6-11/h3-6,12H,2,7-9H2,1H3,(H,16,18)/t12-/m1/s1. The summed E-state index contributed by atoms with van der Waals surface area (Å²) in [7, 11) is 0. The molecule has 108 valence electrons. The number of rotatable bonds is 2. The molecule has 0 spiro atoms. The first-order valence-corrected chi connectivity index (χ1v) is 6.95. The summed E-state index contributed by atoms with van der Waals surface area (Å²) in [5, 5.41) is 3.16. The molecule has 0 unspecified atom stereocenters. The van der Waals surface area contributed by atoms with Crippen LogP contribution in [0.15, 0.2) is 24.3 Å². The van der Waals surface area contributed by atoms with E-state index in [0.29, 0.717) is 30.5 Å². The molecule has 0 saturated carbocycles. The van der Waals surface area contributed by atoms with E-state index < -0.39 is 11.8 Å². The van der Waals surface area contributed by atoms with Gasteiger partial charge in [0.2, 0.25) is 0 Å². The average molecular weight is 297 g/mol. The van der Waals surface area contributed by atoms with Crippen LogP contribution < -0.4 is 5.32 Å². The largest absolute Gasteiger partial charge is 0.377 e. The van der Waals surface area contributed by atoms with Gasteiger partial charge in [-0.05, 0) is 30.7 Å². The van der Waals surface area contributed by atoms with Gasteiger partial charge in [0, 0.05) is 17.3 Å². The van der Waals surface area contributed by atoms with Crippen molar-refractivity contribution in [3.63, 3.8) is 0 Å². The number of morpholine rings is 1. The zero-order valence-corrected chi connectivity index (χ0v) is 12.0. The van der Waals surface area contributed by atoms with Crippen LogP contribution >= 0.6 is 11.6 Å². The number of nitrogens with one attached hydrogen (secondary N) is 1. The van der Waals surface area contributed by atoms with Gasteiger partial charge in [-0.2, -0.15) is 0 Å². The summed E-state index contributed by atoms with van der Waals surface area (Å²) < 4.78 is 5.32. The number of amides is 2. The number of halogens is 1. The maximum Gasteiger partial charge on any atom is 0.313 e. The lowest BCUT2D eigenvalue weighted by atomic mass is 10.1. The van der Waals surface area contributed by atoms with E-state index in [2.05, 4.69) is 5.32 Å². The summed E-state index contributed by atoms with van der Waals surface area (Å²) in [6, 6.07) is 6.59. The van der Waals surface area contributed by atoms with Crippen LogP contribution in [0.5, 0.6) is 0 Å². The Labute approximate surface area is 122 Å². The normalized spacial score (nSPS) is 18.7. The Morgan fingerprint density at radius 1 is 1.40 bits per heavy atom. The Balaban J connectivity index is 2.00. The third-order valence-corrected chi connectivity index (χ3v) is 3.51. The highest BCUT2D eigenvalue weighted by atomic mass is 35.5. The van der Waals surface area contributed by atoms with E-state index in [-0.39, 0.29) is 6.04 Å². The number of carbonyl (C=O) groups excluding carboxylic acids is 2. The van der Waals surface area contributed by atoms with E-state index in [9.17, 15) is 9.59 Å². The molecule has 1 fully saturated rings. The molecule has 0 radical (unpaired) electrons.